The number of methoxy groups -OCH3 is 1. The molecule has 0 fully saturated rings. The van der Waals surface area contributed by atoms with Gasteiger partial charge < -0.3 is 14.8 Å². The monoisotopic (exact) mass is 334 g/mol. The first-order valence-electron chi connectivity index (χ1n) is 6.62. The third-order valence-corrected chi connectivity index (χ3v) is 3.68. The SMILES string of the molecule is COC(=O)CNC(=O)COC(=O)/C=C/c1nc2ccccc2s1. The van der Waals surface area contributed by atoms with Crippen molar-refractivity contribution in [3.05, 3.63) is 35.3 Å². The first-order chi connectivity index (χ1) is 11.1. The molecule has 0 spiro atoms. The van der Waals surface area contributed by atoms with Gasteiger partial charge in [-0.05, 0) is 18.2 Å². The quantitative estimate of drug-likeness (QED) is 0.629. The molecule has 8 heteroatoms. The molecule has 0 atom stereocenters. The maximum atomic E-state index is 11.5. The molecule has 23 heavy (non-hydrogen) atoms. The number of hydrogen-bond acceptors (Lipinski definition) is 7. The largest absolute Gasteiger partial charge is 0.468 e. The summed E-state index contributed by atoms with van der Waals surface area (Å²) >= 11 is 1.44. The van der Waals surface area contributed by atoms with Gasteiger partial charge in [-0.1, -0.05) is 12.1 Å². The van der Waals surface area contributed by atoms with E-state index in [1.807, 2.05) is 24.3 Å². The number of para-hydroxylation sites is 1. The molecule has 1 aromatic carbocycles. The van der Waals surface area contributed by atoms with Gasteiger partial charge in [-0.3, -0.25) is 9.59 Å². The fourth-order valence-electron chi connectivity index (χ4n) is 1.58. The zero-order valence-electron chi connectivity index (χ0n) is 12.3. The summed E-state index contributed by atoms with van der Waals surface area (Å²) in [6, 6.07) is 7.62. The number of carbonyl (C=O) groups is 3. The Morgan fingerprint density at radius 1 is 1.30 bits per heavy atom. The van der Waals surface area contributed by atoms with Crippen LogP contribution in [0.15, 0.2) is 30.3 Å². The summed E-state index contributed by atoms with van der Waals surface area (Å²) in [5, 5.41) is 2.92. The molecule has 1 N–H and O–H groups in total. The smallest absolute Gasteiger partial charge is 0.331 e. The van der Waals surface area contributed by atoms with Crippen LogP contribution >= 0.6 is 11.3 Å². The van der Waals surface area contributed by atoms with Gasteiger partial charge in [0.05, 0.1) is 17.3 Å². The van der Waals surface area contributed by atoms with Gasteiger partial charge in [-0.15, -0.1) is 11.3 Å². The van der Waals surface area contributed by atoms with Gasteiger partial charge in [0, 0.05) is 6.08 Å². The normalized spacial score (nSPS) is 10.7. The van der Waals surface area contributed by atoms with Crippen LogP contribution in [0.2, 0.25) is 0 Å². The number of nitrogens with one attached hydrogen (secondary N) is 1. The van der Waals surface area contributed by atoms with E-state index in [1.165, 1.54) is 30.6 Å². The molecule has 0 radical (unpaired) electrons. The number of hydrogen-bond donors (Lipinski definition) is 1. The number of nitrogens with zero attached hydrogens (tertiary/aromatic N) is 1. The van der Waals surface area contributed by atoms with Crippen LogP contribution in [0.3, 0.4) is 0 Å². The highest BCUT2D eigenvalue weighted by molar-refractivity contribution is 7.19. The van der Waals surface area contributed by atoms with Gasteiger partial charge in [0.1, 0.15) is 11.6 Å². The third kappa shape index (κ3) is 5.19. The highest BCUT2D eigenvalue weighted by atomic mass is 32.1. The summed E-state index contributed by atoms with van der Waals surface area (Å²) in [6.45, 7) is -0.742. The van der Waals surface area contributed by atoms with Crippen molar-refractivity contribution in [3.63, 3.8) is 0 Å². The van der Waals surface area contributed by atoms with Crippen LogP contribution < -0.4 is 5.32 Å². The lowest BCUT2D eigenvalue weighted by atomic mass is 10.3. The average Bonchev–Trinajstić information content (AvgIpc) is 2.98. The van der Waals surface area contributed by atoms with Gasteiger partial charge in [0.25, 0.3) is 5.91 Å². The Morgan fingerprint density at radius 2 is 2.09 bits per heavy atom. The number of fused-ring (bicyclic) bond motifs is 1. The second-order valence-electron chi connectivity index (χ2n) is 4.31. The number of benzene rings is 1. The maximum Gasteiger partial charge on any atom is 0.331 e. The van der Waals surface area contributed by atoms with E-state index in [0.29, 0.717) is 5.01 Å². The molecule has 0 saturated carbocycles. The van der Waals surface area contributed by atoms with Crippen LogP contribution in [0.4, 0.5) is 0 Å². The molecule has 0 bridgehead atoms. The van der Waals surface area contributed by atoms with Crippen molar-refractivity contribution in [2.24, 2.45) is 0 Å². The molecule has 1 heterocycles. The summed E-state index contributed by atoms with van der Waals surface area (Å²) in [7, 11) is 1.21. The predicted molar refractivity (Wildman–Crippen MR) is 84.6 cm³/mol. The van der Waals surface area contributed by atoms with Crippen molar-refractivity contribution in [3.8, 4) is 0 Å². The number of carbonyl (C=O) groups excluding carboxylic acids is 3. The molecule has 2 aromatic rings. The minimum Gasteiger partial charge on any atom is -0.468 e. The molecule has 2 rings (SSSR count). The van der Waals surface area contributed by atoms with Gasteiger partial charge in [0.2, 0.25) is 0 Å². The molecular weight excluding hydrogens is 320 g/mol. The van der Waals surface area contributed by atoms with Crippen LogP contribution in [0, 0.1) is 0 Å². The minimum atomic E-state index is -0.669. The lowest BCUT2D eigenvalue weighted by molar-refractivity contribution is -0.145. The molecule has 7 nitrogen and oxygen atoms in total. The van der Waals surface area contributed by atoms with Crippen molar-refractivity contribution in [2.45, 2.75) is 0 Å². The van der Waals surface area contributed by atoms with E-state index >= 15 is 0 Å². The fourth-order valence-corrected chi connectivity index (χ4v) is 2.45. The van der Waals surface area contributed by atoms with Gasteiger partial charge in [0.15, 0.2) is 6.61 Å². The number of aromatic nitrogens is 1. The van der Waals surface area contributed by atoms with E-state index in [4.69, 9.17) is 4.74 Å². The molecule has 0 unspecified atom stereocenters. The number of ether oxygens (including phenoxy) is 2. The number of amides is 1. The number of esters is 2. The van der Waals surface area contributed by atoms with Crippen molar-refractivity contribution in [1.29, 1.82) is 0 Å². The Hall–Kier alpha value is -2.74. The second-order valence-corrected chi connectivity index (χ2v) is 5.38. The molecule has 120 valence electrons. The summed E-state index contributed by atoms with van der Waals surface area (Å²) in [5.41, 5.74) is 0.854. The first-order valence-corrected chi connectivity index (χ1v) is 7.44. The fraction of sp³-hybridized carbons (Fsp3) is 0.200. The van der Waals surface area contributed by atoms with Crippen LogP contribution in [-0.4, -0.2) is 43.1 Å². The third-order valence-electron chi connectivity index (χ3n) is 2.68. The Balaban J connectivity index is 1.80. The summed E-state index contributed by atoms with van der Waals surface area (Å²) in [6.07, 6.45) is 2.73. The molecular formula is C15H14N2O5S. The maximum absolute atomic E-state index is 11.5. The number of thiazole rings is 1. The van der Waals surface area contributed by atoms with Crippen molar-refractivity contribution >= 4 is 45.5 Å². The molecule has 1 amide bonds. The lowest BCUT2D eigenvalue weighted by Crippen LogP contribution is -2.33. The van der Waals surface area contributed by atoms with Crippen LogP contribution in [0.1, 0.15) is 5.01 Å². The Bertz CT molecular complexity index is 720. The molecule has 1 aromatic heterocycles. The van der Waals surface area contributed by atoms with Crippen LogP contribution in [0.5, 0.6) is 0 Å². The summed E-state index contributed by atoms with van der Waals surface area (Å²) in [5.74, 6) is -1.84. The van der Waals surface area contributed by atoms with Gasteiger partial charge >= 0.3 is 11.9 Å². The Labute approximate surface area is 135 Å². The topological polar surface area (TPSA) is 94.6 Å². The van der Waals surface area contributed by atoms with E-state index in [-0.39, 0.29) is 6.54 Å². The predicted octanol–water partition coefficient (Wildman–Crippen LogP) is 1.14. The van der Waals surface area contributed by atoms with Crippen LogP contribution in [0.25, 0.3) is 16.3 Å². The summed E-state index contributed by atoms with van der Waals surface area (Å²) < 4.78 is 10.1. The average molecular weight is 334 g/mol. The molecule has 0 saturated heterocycles. The van der Waals surface area contributed by atoms with E-state index in [0.717, 1.165) is 10.2 Å². The lowest BCUT2D eigenvalue weighted by Gasteiger charge is -2.03. The van der Waals surface area contributed by atoms with Crippen molar-refractivity contribution in [2.75, 3.05) is 20.3 Å². The minimum absolute atomic E-state index is 0.269. The van der Waals surface area contributed by atoms with Crippen molar-refractivity contribution < 1.29 is 23.9 Å². The summed E-state index contributed by atoms with van der Waals surface area (Å²) in [4.78, 5) is 38.0. The van der Waals surface area contributed by atoms with E-state index in [1.54, 1.807) is 0 Å². The number of rotatable bonds is 6. The molecule has 0 aliphatic rings. The van der Waals surface area contributed by atoms with E-state index in [9.17, 15) is 14.4 Å². The van der Waals surface area contributed by atoms with Gasteiger partial charge in [-0.25, -0.2) is 9.78 Å². The molecule has 0 aliphatic carbocycles. The van der Waals surface area contributed by atoms with Gasteiger partial charge in [-0.2, -0.15) is 0 Å². The first kappa shape index (κ1) is 16.6. The van der Waals surface area contributed by atoms with E-state index < -0.39 is 24.5 Å². The van der Waals surface area contributed by atoms with Crippen LogP contribution in [-0.2, 0) is 23.9 Å². The highest BCUT2D eigenvalue weighted by Crippen LogP contribution is 2.22. The highest BCUT2D eigenvalue weighted by Gasteiger charge is 2.07. The Morgan fingerprint density at radius 3 is 2.83 bits per heavy atom. The standard InChI is InChI=1S/C15H14N2O5S/c1-21-15(20)8-16-12(18)9-22-14(19)7-6-13-17-10-4-2-3-5-11(10)23-13/h2-7H,8-9H2,1H3,(H,16,18)/b7-6+. The zero-order valence-corrected chi connectivity index (χ0v) is 13.1. The molecule has 0 aliphatic heterocycles. The second kappa shape index (κ2) is 8.04. The van der Waals surface area contributed by atoms with E-state index in [2.05, 4.69) is 15.0 Å². The van der Waals surface area contributed by atoms with Crippen molar-refractivity contribution in [1.82, 2.24) is 10.3 Å². The zero-order chi connectivity index (χ0) is 16.7. The Kier molecular flexibility index (Phi) is 5.81.